The van der Waals surface area contributed by atoms with Crippen LogP contribution in [0, 0.1) is 6.92 Å². The summed E-state index contributed by atoms with van der Waals surface area (Å²) in [5, 5.41) is 7.67. The fourth-order valence-corrected chi connectivity index (χ4v) is 3.92. The summed E-state index contributed by atoms with van der Waals surface area (Å²) in [7, 11) is 3.94. The summed E-state index contributed by atoms with van der Waals surface area (Å²) in [6.45, 7) is 2.31. The quantitative estimate of drug-likeness (QED) is 0.346. The number of likely N-dealkylation sites (N-methyl/N-ethyl adjacent to an activating group) is 1. The third-order valence-corrected chi connectivity index (χ3v) is 5.92. The van der Waals surface area contributed by atoms with Crippen LogP contribution in [0.2, 0.25) is 0 Å². The van der Waals surface area contributed by atoms with Crippen molar-refractivity contribution in [2.24, 2.45) is 0 Å². The van der Waals surface area contributed by atoms with Crippen LogP contribution >= 0.6 is 0 Å². The average molecular weight is 494 g/mol. The molecule has 0 fully saturated rings. The largest absolute Gasteiger partial charge is 0.492 e. The maximum absolute atomic E-state index is 13.3. The number of hydrogen-bond donors (Lipinski definition) is 1. The second-order valence-electron chi connectivity index (χ2n) is 8.92. The van der Waals surface area contributed by atoms with Gasteiger partial charge in [0, 0.05) is 29.3 Å². The van der Waals surface area contributed by atoms with Gasteiger partial charge in [-0.1, -0.05) is 24.3 Å². The van der Waals surface area contributed by atoms with Gasteiger partial charge in [-0.05, 0) is 63.3 Å². The number of rotatable bonds is 9. The molecule has 1 N–H and O–H groups in total. The first-order valence-corrected chi connectivity index (χ1v) is 11.6. The van der Waals surface area contributed by atoms with E-state index in [2.05, 4.69) is 15.4 Å². The zero-order valence-corrected chi connectivity index (χ0v) is 20.7. The molecule has 188 valence electrons. The summed E-state index contributed by atoms with van der Waals surface area (Å²) in [4.78, 5) is 19.9. The Balaban J connectivity index is 1.61. The first-order chi connectivity index (χ1) is 17.2. The fourth-order valence-electron chi connectivity index (χ4n) is 3.92. The van der Waals surface area contributed by atoms with Gasteiger partial charge in [-0.25, -0.2) is 9.67 Å². The Morgan fingerprint density at radius 3 is 2.67 bits per heavy atom. The number of benzene rings is 2. The summed E-state index contributed by atoms with van der Waals surface area (Å²) in [5.41, 5.74) is 3.86. The lowest BCUT2D eigenvalue weighted by atomic mass is 9.99. The van der Waals surface area contributed by atoms with Crippen LogP contribution in [0.15, 0.2) is 60.9 Å². The molecule has 4 aromatic rings. The number of carbonyl (C=O) groups excluding carboxylic acids is 1. The molecule has 0 aliphatic carbocycles. The van der Waals surface area contributed by atoms with E-state index in [0.29, 0.717) is 39.4 Å². The normalized spacial score (nSPS) is 12.3. The smallest absolute Gasteiger partial charge is 0.333 e. The minimum absolute atomic E-state index is 0.231. The van der Waals surface area contributed by atoms with Crippen molar-refractivity contribution >= 4 is 16.8 Å². The lowest BCUT2D eigenvalue weighted by Gasteiger charge is -2.19. The molecule has 0 spiro atoms. The van der Waals surface area contributed by atoms with Gasteiger partial charge >= 0.3 is 6.55 Å². The zero-order valence-electron chi connectivity index (χ0n) is 20.7. The van der Waals surface area contributed by atoms with Crippen molar-refractivity contribution in [1.29, 1.82) is 0 Å². The molecule has 0 bridgehead atoms. The molecule has 9 heteroatoms. The van der Waals surface area contributed by atoms with Gasteiger partial charge in [0.15, 0.2) is 0 Å². The third kappa shape index (κ3) is 5.68. The number of carbonyl (C=O) groups is 1. The predicted octanol–water partition coefficient (Wildman–Crippen LogP) is 5.23. The molecular formula is C27H29F2N5O2. The molecule has 0 aliphatic heterocycles. The monoisotopic (exact) mass is 493 g/mol. The molecule has 0 unspecified atom stereocenters. The van der Waals surface area contributed by atoms with Crippen molar-refractivity contribution in [3.63, 3.8) is 0 Å². The maximum Gasteiger partial charge on any atom is 0.333 e. The van der Waals surface area contributed by atoms with Gasteiger partial charge in [-0.2, -0.15) is 13.9 Å². The number of para-hydroxylation sites is 1. The molecule has 2 aromatic heterocycles. The van der Waals surface area contributed by atoms with E-state index in [1.165, 1.54) is 12.4 Å². The Morgan fingerprint density at radius 2 is 1.94 bits per heavy atom. The number of amides is 1. The number of ether oxygens (including phenoxy) is 1. The van der Waals surface area contributed by atoms with Gasteiger partial charge in [-0.3, -0.25) is 4.79 Å². The second kappa shape index (κ2) is 10.8. The van der Waals surface area contributed by atoms with E-state index < -0.39 is 6.55 Å². The molecule has 4 rings (SSSR count). The van der Waals surface area contributed by atoms with E-state index in [1.54, 1.807) is 6.07 Å². The van der Waals surface area contributed by atoms with Crippen molar-refractivity contribution in [2.45, 2.75) is 26.4 Å². The van der Waals surface area contributed by atoms with E-state index in [4.69, 9.17) is 4.74 Å². The van der Waals surface area contributed by atoms with Gasteiger partial charge < -0.3 is 15.0 Å². The zero-order chi connectivity index (χ0) is 25.8. The lowest BCUT2D eigenvalue weighted by molar-refractivity contribution is 0.0566. The molecule has 36 heavy (non-hydrogen) atoms. The Bertz CT molecular complexity index is 1370. The number of aromatic nitrogens is 3. The number of nitrogens with zero attached hydrogens (tertiary/aromatic N) is 4. The summed E-state index contributed by atoms with van der Waals surface area (Å²) < 4.78 is 32.5. The Morgan fingerprint density at radius 1 is 1.17 bits per heavy atom. The minimum Gasteiger partial charge on any atom is -0.492 e. The van der Waals surface area contributed by atoms with Crippen LogP contribution in [0.25, 0.3) is 22.2 Å². The first kappa shape index (κ1) is 25.2. The van der Waals surface area contributed by atoms with E-state index in [-0.39, 0.29) is 11.9 Å². The van der Waals surface area contributed by atoms with Crippen LogP contribution in [0.3, 0.4) is 0 Å². The van der Waals surface area contributed by atoms with Gasteiger partial charge in [0.2, 0.25) is 0 Å². The van der Waals surface area contributed by atoms with Crippen LogP contribution in [0.5, 0.6) is 5.75 Å². The first-order valence-electron chi connectivity index (χ1n) is 11.6. The van der Waals surface area contributed by atoms with Crippen LogP contribution in [-0.2, 0) is 0 Å². The third-order valence-electron chi connectivity index (χ3n) is 5.92. The highest BCUT2D eigenvalue weighted by Crippen LogP contribution is 2.29. The summed E-state index contributed by atoms with van der Waals surface area (Å²) in [5.74, 6) is 0.402. The number of nitrogens with one attached hydrogen (secondary N) is 1. The number of alkyl halides is 2. The van der Waals surface area contributed by atoms with Crippen molar-refractivity contribution in [3.05, 3.63) is 77.6 Å². The van der Waals surface area contributed by atoms with Crippen molar-refractivity contribution in [1.82, 2.24) is 25.0 Å². The van der Waals surface area contributed by atoms with E-state index in [1.807, 2.05) is 75.3 Å². The number of fused-ring (bicyclic) bond motifs is 1. The lowest BCUT2D eigenvalue weighted by Crippen LogP contribution is -2.27. The fraction of sp³-hybridized carbons (Fsp3) is 0.296. The van der Waals surface area contributed by atoms with Gasteiger partial charge in [0.05, 0.1) is 23.4 Å². The van der Waals surface area contributed by atoms with E-state index >= 15 is 0 Å². The Labute approximate surface area is 208 Å². The molecule has 1 amide bonds. The van der Waals surface area contributed by atoms with Crippen molar-refractivity contribution in [3.8, 4) is 17.0 Å². The maximum atomic E-state index is 13.3. The standard InChI is InChI=1S/C27H29F2N5O2/c1-17-9-10-20(36-12-11-33(3)4)13-22(17)26(35)31-18(2)23-14-25(19-15-30-34(16-19)27(28)29)32-24-8-6-5-7-21(23)24/h5-10,13-16,18,27H,11-12H2,1-4H3,(H,31,35)/t18-/m0/s1. The number of pyridine rings is 1. The van der Waals surface area contributed by atoms with Gasteiger partial charge in [0.25, 0.3) is 5.91 Å². The number of aryl methyl sites for hydroxylation is 1. The summed E-state index contributed by atoms with van der Waals surface area (Å²) in [6.07, 6.45) is 2.63. The predicted molar refractivity (Wildman–Crippen MR) is 135 cm³/mol. The second-order valence-corrected chi connectivity index (χ2v) is 8.92. The Hall–Kier alpha value is -3.85. The summed E-state index contributed by atoms with van der Waals surface area (Å²) >= 11 is 0. The average Bonchev–Trinajstić information content (AvgIpc) is 3.35. The van der Waals surface area contributed by atoms with Crippen LogP contribution in [-0.4, -0.2) is 52.8 Å². The van der Waals surface area contributed by atoms with Crippen molar-refractivity contribution in [2.75, 3.05) is 27.2 Å². The SMILES string of the molecule is Cc1ccc(OCCN(C)C)cc1C(=O)N[C@@H](C)c1cc(-c2cnn(C(F)F)c2)nc2ccccc12. The molecule has 2 heterocycles. The number of hydrogen-bond acceptors (Lipinski definition) is 5. The molecule has 0 radical (unpaired) electrons. The molecule has 7 nitrogen and oxygen atoms in total. The number of halogens is 2. The highest BCUT2D eigenvalue weighted by atomic mass is 19.3. The van der Waals surface area contributed by atoms with E-state index in [0.717, 1.165) is 23.1 Å². The van der Waals surface area contributed by atoms with Crippen LogP contribution in [0.1, 0.15) is 41.0 Å². The minimum atomic E-state index is -2.73. The Kier molecular flexibility index (Phi) is 7.59. The molecule has 2 aromatic carbocycles. The molecule has 0 saturated heterocycles. The van der Waals surface area contributed by atoms with Crippen molar-refractivity contribution < 1.29 is 18.3 Å². The van der Waals surface area contributed by atoms with Gasteiger partial charge in [-0.15, -0.1) is 0 Å². The molecular weight excluding hydrogens is 464 g/mol. The van der Waals surface area contributed by atoms with Gasteiger partial charge in [0.1, 0.15) is 12.4 Å². The highest BCUT2D eigenvalue weighted by molar-refractivity contribution is 5.96. The van der Waals surface area contributed by atoms with E-state index in [9.17, 15) is 13.6 Å². The molecule has 1 atom stereocenters. The van der Waals surface area contributed by atoms with Crippen LogP contribution in [0.4, 0.5) is 8.78 Å². The highest BCUT2D eigenvalue weighted by Gasteiger charge is 2.19. The molecule has 0 saturated carbocycles. The summed E-state index contributed by atoms with van der Waals surface area (Å²) in [6, 6.07) is 14.4. The molecule has 0 aliphatic rings. The van der Waals surface area contributed by atoms with Crippen LogP contribution < -0.4 is 10.1 Å². The topological polar surface area (TPSA) is 72.3 Å².